The van der Waals surface area contributed by atoms with Crippen LogP contribution in [0.2, 0.25) is 0 Å². The molecule has 1 aliphatic rings. The van der Waals surface area contributed by atoms with Gasteiger partial charge in [-0.2, -0.15) is 0 Å². The maximum Gasteiger partial charge on any atom is 0.0208 e. The van der Waals surface area contributed by atoms with Gasteiger partial charge in [0, 0.05) is 12.6 Å². The van der Waals surface area contributed by atoms with Crippen molar-refractivity contribution >= 4 is 0 Å². The Morgan fingerprint density at radius 1 is 1.05 bits per heavy atom. The molecule has 0 atom stereocenters. The first-order chi connectivity index (χ1) is 9.81. The first-order valence-electron chi connectivity index (χ1n) is 8.35. The average Bonchev–Trinajstić information content (AvgIpc) is 2.52. The number of aryl methyl sites for hydroxylation is 1. The number of hydrogen-bond donors (Lipinski definition) is 1. The quantitative estimate of drug-likeness (QED) is 0.817. The van der Waals surface area contributed by atoms with E-state index in [0.717, 1.165) is 13.0 Å². The zero-order valence-corrected chi connectivity index (χ0v) is 13.2. The largest absolute Gasteiger partial charge is 0.310 e. The highest BCUT2D eigenvalue weighted by Gasteiger charge is 2.17. The van der Waals surface area contributed by atoms with Crippen LogP contribution in [0.4, 0.5) is 0 Å². The molecule has 2 nitrogen and oxygen atoms in total. The van der Waals surface area contributed by atoms with Crippen molar-refractivity contribution in [2.24, 2.45) is 0 Å². The number of unbranched alkanes of at least 4 members (excludes halogenated alkanes) is 1. The van der Waals surface area contributed by atoms with Crippen LogP contribution in [0.5, 0.6) is 0 Å². The van der Waals surface area contributed by atoms with Crippen LogP contribution in [0.1, 0.15) is 50.7 Å². The molecule has 2 rings (SSSR count). The molecule has 1 saturated heterocycles. The second kappa shape index (κ2) is 8.43. The second-order valence-electron chi connectivity index (χ2n) is 6.02. The number of piperidine rings is 1. The lowest BCUT2D eigenvalue weighted by Gasteiger charge is -2.32. The predicted molar refractivity (Wildman–Crippen MR) is 87.0 cm³/mol. The molecule has 0 amide bonds. The number of hydrogen-bond acceptors (Lipinski definition) is 2. The zero-order valence-electron chi connectivity index (χ0n) is 13.2. The van der Waals surface area contributed by atoms with Crippen molar-refractivity contribution in [1.29, 1.82) is 0 Å². The van der Waals surface area contributed by atoms with E-state index in [4.69, 9.17) is 0 Å². The Labute approximate surface area is 124 Å². The molecule has 2 heteroatoms. The van der Waals surface area contributed by atoms with Gasteiger partial charge in [-0.05, 0) is 56.4 Å². The molecule has 1 aliphatic heterocycles. The van der Waals surface area contributed by atoms with Crippen LogP contribution < -0.4 is 5.32 Å². The van der Waals surface area contributed by atoms with Gasteiger partial charge < -0.3 is 10.2 Å². The van der Waals surface area contributed by atoms with E-state index in [1.165, 1.54) is 56.4 Å². The van der Waals surface area contributed by atoms with Crippen LogP contribution in [0.15, 0.2) is 24.3 Å². The minimum atomic E-state index is 0.707. The Hall–Kier alpha value is -0.860. The molecule has 0 radical (unpaired) electrons. The van der Waals surface area contributed by atoms with Gasteiger partial charge in [0.1, 0.15) is 0 Å². The van der Waals surface area contributed by atoms with Gasteiger partial charge in [-0.15, -0.1) is 0 Å². The van der Waals surface area contributed by atoms with Gasteiger partial charge in [0.05, 0.1) is 0 Å². The molecule has 1 heterocycles. The SMILES string of the molecule is CCCCN1CCC(NCc2ccc(CC)cc2)CC1. The normalized spacial score (nSPS) is 17.5. The molecule has 112 valence electrons. The molecule has 0 unspecified atom stereocenters. The van der Waals surface area contributed by atoms with Crippen LogP contribution in [0.3, 0.4) is 0 Å². The lowest BCUT2D eigenvalue weighted by atomic mass is 10.0. The summed E-state index contributed by atoms with van der Waals surface area (Å²) in [5, 5.41) is 3.73. The van der Waals surface area contributed by atoms with Crippen LogP contribution in [-0.2, 0) is 13.0 Å². The molecule has 0 spiro atoms. The van der Waals surface area contributed by atoms with Gasteiger partial charge in [-0.1, -0.05) is 44.5 Å². The van der Waals surface area contributed by atoms with Crippen molar-refractivity contribution in [2.45, 2.75) is 58.5 Å². The van der Waals surface area contributed by atoms with Gasteiger partial charge in [0.2, 0.25) is 0 Å². The minimum Gasteiger partial charge on any atom is -0.310 e. The summed E-state index contributed by atoms with van der Waals surface area (Å²) in [6.45, 7) is 9.34. The number of nitrogens with one attached hydrogen (secondary N) is 1. The number of nitrogens with zero attached hydrogens (tertiary/aromatic N) is 1. The van der Waals surface area contributed by atoms with Crippen molar-refractivity contribution in [3.8, 4) is 0 Å². The highest BCUT2D eigenvalue weighted by atomic mass is 15.1. The summed E-state index contributed by atoms with van der Waals surface area (Å²) < 4.78 is 0. The third-order valence-electron chi connectivity index (χ3n) is 4.44. The summed E-state index contributed by atoms with van der Waals surface area (Å²) >= 11 is 0. The van der Waals surface area contributed by atoms with E-state index in [-0.39, 0.29) is 0 Å². The molecule has 0 aliphatic carbocycles. The molecule has 0 bridgehead atoms. The Morgan fingerprint density at radius 2 is 1.70 bits per heavy atom. The highest BCUT2D eigenvalue weighted by Crippen LogP contribution is 2.12. The van der Waals surface area contributed by atoms with Crippen molar-refractivity contribution in [3.05, 3.63) is 35.4 Å². The van der Waals surface area contributed by atoms with Gasteiger partial charge >= 0.3 is 0 Å². The van der Waals surface area contributed by atoms with Crippen molar-refractivity contribution in [3.63, 3.8) is 0 Å². The van der Waals surface area contributed by atoms with Crippen molar-refractivity contribution in [2.75, 3.05) is 19.6 Å². The maximum atomic E-state index is 3.73. The summed E-state index contributed by atoms with van der Waals surface area (Å²) in [6, 6.07) is 9.75. The third-order valence-corrected chi connectivity index (χ3v) is 4.44. The van der Waals surface area contributed by atoms with E-state index in [1.54, 1.807) is 0 Å². The molecule has 20 heavy (non-hydrogen) atoms. The summed E-state index contributed by atoms with van der Waals surface area (Å²) in [7, 11) is 0. The van der Waals surface area contributed by atoms with E-state index < -0.39 is 0 Å². The molecule has 1 aromatic carbocycles. The highest BCUT2D eigenvalue weighted by molar-refractivity contribution is 5.22. The van der Waals surface area contributed by atoms with Crippen LogP contribution in [0, 0.1) is 0 Å². The molecule has 0 saturated carbocycles. The predicted octanol–water partition coefficient (Wildman–Crippen LogP) is 3.60. The fraction of sp³-hybridized carbons (Fsp3) is 0.667. The van der Waals surface area contributed by atoms with E-state index >= 15 is 0 Å². The summed E-state index contributed by atoms with van der Waals surface area (Å²) in [4.78, 5) is 2.62. The van der Waals surface area contributed by atoms with Gasteiger partial charge in [0.15, 0.2) is 0 Å². The maximum absolute atomic E-state index is 3.73. The topological polar surface area (TPSA) is 15.3 Å². The first kappa shape index (κ1) is 15.5. The number of likely N-dealkylation sites (tertiary alicyclic amines) is 1. The fourth-order valence-electron chi connectivity index (χ4n) is 2.90. The van der Waals surface area contributed by atoms with Crippen molar-refractivity contribution < 1.29 is 0 Å². The minimum absolute atomic E-state index is 0.707. The van der Waals surface area contributed by atoms with E-state index in [0.29, 0.717) is 6.04 Å². The molecule has 1 N–H and O–H groups in total. The molecule has 1 fully saturated rings. The van der Waals surface area contributed by atoms with Gasteiger partial charge in [-0.3, -0.25) is 0 Å². The van der Waals surface area contributed by atoms with Crippen LogP contribution in [-0.4, -0.2) is 30.6 Å². The van der Waals surface area contributed by atoms with Crippen LogP contribution in [0.25, 0.3) is 0 Å². The molecule has 1 aromatic rings. The van der Waals surface area contributed by atoms with E-state index in [2.05, 4.69) is 48.3 Å². The monoisotopic (exact) mass is 274 g/mol. The second-order valence-corrected chi connectivity index (χ2v) is 6.02. The standard InChI is InChI=1S/C18H30N2/c1-3-5-12-20-13-10-18(11-14-20)19-15-17-8-6-16(4-2)7-9-17/h6-9,18-19H,3-5,10-15H2,1-2H3. The number of rotatable bonds is 7. The van der Waals surface area contributed by atoms with Crippen LogP contribution >= 0.6 is 0 Å². The smallest absolute Gasteiger partial charge is 0.0208 e. The molecular formula is C18H30N2. The Balaban J connectivity index is 1.67. The summed E-state index contributed by atoms with van der Waals surface area (Å²) in [5.74, 6) is 0. The Bertz CT molecular complexity index is 364. The molecular weight excluding hydrogens is 244 g/mol. The summed E-state index contributed by atoms with van der Waals surface area (Å²) in [6.07, 6.45) is 6.39. The van der Waals surface area contributed by atoms with Gasteiger partial charge in [0.25, 0.3) is 0 Å². The first-order valence-corrected chi connectivity index (χ1v) is 8.35. The third kappa shape index (κ3) is 4.92. The van der Waals surface area contributed by atoms with Crippen molar-refractivity contribution in [1.82, 2.24) is 10.2 Å². The summed E-state index contributed by atoms with van der Waals surface area (Å²) in [5.41, 5.74) is 2.84. The van der Waals surface area contributed by atoms with E-state index in [9.17, 15) is 0 Å². The van der Waals surface area contributed by atoms with Gasteiger partial charge in [-0.25, -0.2) is 0 Å². The Kier molecular flexibility index (Phi) is 6.55. The fourth-order valence-corrected chi connectivity index (χ4v) is 2.90. The number of benzene rings is 1. The zero-order chi connectivity index (χ0) is 14.2. The van der Waals surface area contributed by atoms with E-state index in [1.807, 2.05) is 0 Å². The lowest BCUT2D eigenvalue weighted by Crippen LogP contribution is -2.42. The molecule has 0 aromatic heterocycles. The lowest BCUT2D eigenvalue weighted by molar-refractivity contribution is 0.195. The average molecular weight is 274 g/mol. The Morgan fingerprint density at radius 3 is 2.30 bits per heavy atom.